The summed E-state index contributed by atoms with van der Waals surface area (Å²) in [6, 6.07) is 9.66. The molecule has 0 aliphatic carbocycles. The minimum atomic E-state index is -0.757. The molecular formula is C14H14N4O3. The van der Waals surface area contributed by atoms with Gasteiger partial charge in [-0.1, -0.05) is 30.3 Å². The number of H-pyrrole nitrogens is 2. The summed E-state index contributed by atoms with van der Waals surface area (Å²) in [5.41, 5.74) is 2.41. The number of amides is 1. The Balaban J connectivity index is 2.04. The van der Waals surface area contributed by atoms with Crippen molar-refractivity contribution < 1.29 is 4.79 Å². The zero-order chi connectivity index (χ0) is 15.2. The van der Waals surface area contributed by atoms with E-state index in [9.17, 15) is 14.4 Å². The van der Waals surface area contributed by atoms with Crippen LogP contribution in [-0.4, -0.2) is 21.6 Å². The molecule has 7 nitrogen and oxygen atoms in total. The number of aromatic nitrogens is 2. The highest BCUT2D eigenvalue weighted by atomic mass is 16.2. The Morgan fingerprint density at radius 3 is 2.62 bits per heavy atom. The highest BCUT2D eigenvalue weighted by Crippen LogP contribution is 2.00. The van der Waals surface area contributed by atoms with Gasteiger partial charge in [-0.15, -0.1) is 0 Å². The van der Waals surface area contributed by atoms with Crippen molar-refractivity contribution in [1.82, 2.24) is 15.4 Å². The molecule has 0 bridgehead atoms. The first kappa shape index (κ1) is 14.4. The molecule has 7 heteroatoms. The minimum absolute atomic E-state index is 0.203. The van der Waals surface area contributed by atoms with E-state index >= 15 is 0 Å². The van der Waals surface area contributed by atoms with Crippen LogP contribution in [0.3, 0.4) is 0 Å². The first-order valence-corrected chi connectivity index (χ1v) is 6.25. The van der Waals surface area contributed by atoms with Crippen LogP contribution in [0.1, 0.15) is 22.8 Å². The van der Waals surface area contributed by atoms with E-state index in [1.807, 2.05) is 35.3 Å². The molecule has 0 radical (unpaired) electrons. The van der Waals surface area contributed by atoms with Crippen LogP contribution >= 0.6 is 0 Å². The monoisotopic (exact) mass is 286 g/mol. The number of hydrogen-bond acceptors (Lipinski definition) is 4. The van der Waals surface area contributed by atoms with Crippen LogP contribution in [-0.2, 0) is 6.42 Å². The van der Waals surface area contributed by atoms with Crippen LogP contribution in [0.5, 0.6) is 0 Å². The topological polar surface area (TPSA) is 107 Å². The molecule has 2 rings (SSSR count). The van der Waals surface area contributed by atoms with Gasteiger partial charge in [-0.25, -0.2) is 10.2 Å². The molecule has 0 unspecified atom stereocenters. The van der Waals surface area contributed by atoms with Gasteiger partial charge in [0.1, 0.15) is 5.56 Å². The molecule has 0 saturated heterocycles. The summed E-state index contributed by atoms with van der Waals surface area (Å²) in [4.78, 5) is 38.3. The summed E-state index contributed by atoms with van der Waals surface area (Å²) >= 11 is 0. The van der Waals surface area contributed by atoms with Crippen LogP contribution in [0.25, 0.3) is 0 Å². The number of rotatable bonds is 4. The molecule has 1 heterocycles. The number of benzene rings is 1. The average Bonchev–Trinajstić information content (AvgIpc) is 2.46. The van der Waals surface area contributed by atoms with Gasteiger partial charge in [-0.3, -0.25) is 14.6 Å². The Bertz CT molecular complexity index is 775. The Morgan fingerprint density at radius 1 is 1.24 bits per heavy atom. The summed E-state index contributed by atoms with van der Waals surface area (Å²) < 4.78 is 0. The van der Waals surface area contributed by atoms with Crippen molar-refractivity contribution in [1.29, 1.82) is 0 Å². The molecule has 108 valence electrons. The van der Waals surface area contributed by atoms with E-state index in [1.54, 1.807) is 6.92 Å². The van der Waals surface area contributed by atoms with Crippen molar-refractivity contribution in [3.63, 3.8) is 0 Å². The van der Waals surface area contributed by atoms with Gasteiger partial charge < -0.3 is 4.98 Å². The van der Waals surface area contributed by atoms with Gasteiger partial charge in [0.25, 0.3) is 11.5 Å². The number of carbonyl (C=O) groups excluding carboxylic acids is 1. The predicted octanol–water partition coefficient (Wildman–Crippen LogP) is 0.412. The second kappa shape index (κ2) is 6.47. The van der Waals surface area contributed by atoms with Crippen LogP contribution in [0.15, 0.2) is 51.2 Å². The molecule has 1 aromatic carbocycles. The lowest BCUT2D eigenvalue weighted by Crippen LogP contribution is -2.31. The van der Waals surface area contributed by atoms with E-state index in [4.69, 9.17) is 0 Å². The third-order valence-corrected chi connectivity index (χ3v) is 2.72. The molecule has 0 aliphatic heterocycles. The van der Waals surface area contributed by atoms with Gasteiger partial charge >= 0.3 is 5.69 Å². The molecule has 2 aromatic rings. The van der Waals surface area contributed by atoms with Crippen molar-refractivity contribution in [2.45, 2.75) is 13.3 Å². The molecule has 0 atom stereocenters. The SMILES string of the molecule is C/C(Cc1ccccc1)=N\NC(=O)c1c[nH]c(=O)[nH]c1=O. The van der Waals surface area contributed by atoms with E-state index < -0.39 is 17.2 Å². The van der Waals surface area contributed by atoms with Gasteiger partial charge in [0, 0.05) is 18.3 Å². The first-order chi connectivity index (χ1) is 10.1. The van der Waals surface area contributed by atoms with Gasteiger partial charge in [-0.05, 0) is 12.5 Å². The molecule has 0 fully saturated rings. The van der Waals surface area contributed by atoms with Gasteiger partial charge in [0.05, 0.1) is 0 Å². The minimum Gasteiger partial charge on any atom is -0.313 e. The number of aromatic amines is 2. The standard InChI is InChI=1S/C14H14N4O3/c1-9(7-10-5-3-2-4-6-10)17-18-13(20)11-8-15-14(21)16-12(11)19/h2-6,8H,7H2,1H3,(H,18,20)(H2,15,16,19,21)/b17-9+. The number of nitrogens with zero attached hydrogens (tertiary/aromatic N) is 1. The Morgan fingerprint density at radius 2 is 1.95 bits per heavy atom. The molecule has 1 amide bonds. The lowest BCUT2D eigenvalue weighted by Gasteiger charge is -2.02. The maximum absolute atomic E-state index is 11.8. The Kier molecular flexibility index (Phi) is 4.45. The van der Waals surface area contributed by atoms with Crippen molar-refractivity contribution in [2.75, 3.05) is 0 Å². The van der Waals surface area contributed by atoms with E-state index in [0.717, 1.165) is 11.8 Å². The molecule has 1 aromatic heterocycles. The summed E-state index contributed by atoms with van der Waals surface area (Å²) in [7, 11) is 0. The van der Waals surface area contributed by atoms with Gasteiger partial charge in [0.15, 0.2) is 0 Å². The first-order valence-electron chi connectivity index (χ1n) is 6.25. The fourth-order valence-corrected chi connectivity index (χ4v) is 1.72. The van der Waals surface area contributed by atoms with Crippen LogP contribution in [0, 0.1) is 0 Å². The summed E-state index contributed by atoms with van der Waals surface area (Å²) in [5.74, 6) is -0.681. The Hall–Kier alpha value is -2.96. The smallest absolute Gasteiger partial charge is 0.313 e. The van der Waals surface area contributed by atoms with Crippen molar-refractivity contribution >= 4 is 11.6 Å². The van der Waals surface area contributed by atoms with Gasteiger partial charge in [0.2, 0.25) is 0 Å². The highest BCUT2D eigenvalue weighted by molar-refractivity contribution is 5.94. The van der Waals surface area contributed by atoms with Crippen LogP contribution in [0.4, 0.5) is 0 Å². The number of hydrogen-bond donors (Lipinski definition) is 3. The van der Waals surface area contributed by atoms with E-state index in [-0.39, 0.29) is 5.56 Å². The van der Waals surface area contributed by atoms with Crippen molar-refractivity contribution in [3.8, 4) is 0 Å². The molecule has 0 aliphatic rings. The van der Waals surface area contributed by atoms with Crippen LogP contribution in [0.2, 0.25) is 0 Å². The molecule has 21 heavy (non-hydrogen) atoms. The predicted molar refractivity (Wildman–Crippen MR) is 78.4 cm³/mol. The quantitative estimate of drug-likeness (QED) is 0.559. The van der Waals surface area contributed by atoms with E-state index in [0.29, 0.717) is 12.1 Å². The molecular weight excluding hydrogens is 272 g/mol. The fourth-order valence-electron chi connectivity index (χ4n) is 1.72. The molecule has 0 saturated carbocycles. The van der Waals surface area contributed by atoms with Crippen molar-refractivity contribution in [2.24, 2.45) is 5.10 Å². The lowest BCUT2D eigenvalue weighted by atomic mass is 10.1. The second-order valence-electron chi connectivity index (χ2n) is 4.44. The van der Waals surface area contributed by atoms with E-state index in [2.05, 4.69) is 15.5 Å². The number of hydrazone groups is 1. The summed E-state index contributed by atoms with van der Waals surface area (Å²) in [6.45, 7) is 1.77. The normalized spacial score (nSPS) is 11.2. The Labute approximate surface area is 119 Å². The fraction of sp³-hybridized carbons (Fsp3) is 0.143. The maximum atomic E-state index is 11.8. The molecule has 3 N–H and O–H groups in total. The summed E-state index contributed by atoms with van der Waals surface area (Å²) in [5, 5.41) is 3.93. The second-order valence-corrected chi connectivity index (χ2v) is 4.44. The highest BCUT2D eigenvalue weighted by Gasteiger charge is 2.10. The average molecular weight is 286 g/mol. The van der Waals surface area contributed by atoms with Crippen molar-refractivity contribution in [3.05, 3.63) is 68.5 Å². The van der Waals surface area contributed by atoms with E-state index in [1.165, 1.54) is 0 Å². The van der Waals surface area contributed by atoms with Crippen LogP contribution < -0.4 is 16.7 Å². The largest absolute Gasteiger partial charge is 0.325 e. The molecule has 0 spiro atoms. The lowest BCUT2D eigenvalue weighted by molar-refractivity contribution is 0.0952. The van der Waals surface area contributed by atoms with Gasteiger partial charge in [-0.2, -0.15) is 5.10 Å². The summed E-state index contributed by atoms with van der Waals surface area (Å²) in [6.07, 6.45) is 1.64. The zero-order valence-corrected chi connectivity index (χ0v) is 11.3. The number of carbonyl (C=O) groups is 1. The third-order valence-electron chi connectivity index (χ3n) is 2.72. The third kappa shape index (κ3) is 4.00. The zero-order valence-electron chi connectivity index (χ0n) is 11.3. The maximum Gasteiger partial charge on any atom is 0.325 e. The number of nitrogens with one attached hydrogen (secondary N) is 3.